The Labute approximate surface area is 138 Å². The van der Waals surface area contributed by atoms with Crippen molar-refractivity contribution < 1.29 is 4.79 Å². The second-order valence-electron chi connectivity index (χ2n) is 4.98. The first-order valence-electron chi connectivity index (χ1n) is 7.24. The van der Waals surface area contributed by atoms with Gasteiger partial charge in [0, 0.05) is 12.7 Å². The number of nitrogen functional groups attached to an aromatic ring is 1. The largest absolute Gasteiger partial charge is 0.396 e. The summed E-state index contributed by atoms with van der Waals surface area (Å²) in [7, 11) is 0. The molecular formula is C17H16N4OS. The Kier molecular flexibility index (Phi) is 4.63. The number of nitrogens with zero attached hydrogens (tertiary/aromatic N) is 2. The number of hydrogen-bond donors (Lipinski definition) is 2. The molecule has 0 bridgehead atoms. The first-order valence-corrected chi connectivity index (χ1v) is 8.01. The summed E-state index contributed by atoms with van der Waals surface area (Å²) < 4.78 is 4.27. The predicted molar refractivity (Wildman–Crippen MR) is 92.2 cm³/mol. The smallest absolute Gasteiger partial charge is 0.265 e. The third-order valence-electron chi connectivity index (χ3n) is 3.38. The van der Waals surface area contributed by atoms with Crippen molar-refractivity contribution in [1.82, 2.24) is 14.7 Å². The number of benzene rings is 1. The van der Waals surface area contributed by atoms with Crippen molar-refractivity contribution in [2.75, 3.05) is 12.3 Å². The molecule has 3 aromatic rings. The average Bonchev–Trinajstić information content (AvgIpc) is 2.98. The number of aromatic nitrogens is 2. The van der Waals surface area contributed by atoms with Crippen LogP contribution in [0.3, 0.4) is 0 Å². The van der Waals surface area contributed by atoms with E-state index in [0.717, 1.165) is 18.0 Å². The number of nitrogens with two attached hydrogens (primary N) is 1. The highest BCUT2D eigenvalue weighted by atomic mass is 32.1. The molecule has 2 aromatic heterocycles. The third-order valence-corrected chi connectivity index (χ3v) is 4.25. The van der Waals surface area contributed by atoms with Crippen molar-refractivity contribution in [2.24, 2.45) is 0 Å². The zero-order chi connectivity index (χ0) is 16.1. The average molecular weight is 324 g/mol. The highest BCUT2D eigenvalue weighted by Gasteiger charge is 2.18. The first kappa shape index (κ1) is 15.2. The lowest BCUT2D eigenvalue weighted by Crippen LogP contribution is -2.25. The molecule has 0 fully saturated rings. The summed E-state index contributed by atoms with van der Waals surface area (Å²) in [6, 6.07) is 15.5. The lowest BCUT2D eigenvalue weighted by Gasteiger charge is -2.04. The molecule has 0 unspecified atom stereocenters. The van der Waals surface area contributed by atoms with Crippen LogP contribution in [0.2, 0.25) is 0 Å². The Hall–Kier alpha value is -2.73. The molecule has 1 aromatic carbocycles. The molecule has 6 heteroatoms. The molecule has 0 aliphatic carbocycles. The topological polar surface area (TPSA) is 80.9 Å². The molecule has 5 nitrogen and oxygen atoms in total. The highest BCUT2D eigenvalue weighted by molar-refractivity contribution is 7.09. The van der Waals surface area contributed by atoms with Gasteiger partial charge in [-0.15, -0.1) is 0 Å². The van der Waals surface area contributed by atoms with E-state index in [2.05, 4.69) is 14.7 Å². The van der Waals surface area contributed by atoms with Crippen LogP contribution < -0.4 is 11.1 Å². The fraction of sp³-hybridized carbons (Fsp3) is 0.118. The van der Waals surface area contributed by atoms with Crippen molar-refractivity contribution in [3.8, 4) is 11.4 Å². The van der Waals surface area contributed by atoms with E-state index in [0.29, 0.717) is 28.5 Å². The van der Waals surface area contributed by atoms with E-state index in [1.807, 2.05) is 48.5 Å². The maximum absolute atomic E-state index is 12.3. The summed E-state index contributed by atoms with van der Waals surface area (Å²) in [5, 5.41) is 2.88. The number of nitrogens with one attached hydrogen (secondary N) is 1. The third kappa shape index (κ3) is 3.54. The van der Waals surface area contributed by atoms with Gasteiger partial charge in [-0.3, -0.25) is 9.78 Å². The molecule has 0 aliphatic heterocycles. The molecule has 3 rings (SSSR count). The number of anilines is 1. The Bertz CT molecular complexity index is 787. The molecule has 0 atom stereocenters. The summed E-state index contributed by atoms with van der Waals surface area (Å²) in [6.07, 6.45) is 2.45. The molecule has 0 spiro atoms. The maximum atomic E-state index is 12.3. The number of hydrogen-bond acceptors (Lipinski definition) is 5. The molecule has 3 N–H and O–H groups in total. The Morgan fingerprint density at radius 2 is 1.91 bits per heavy atom. The molecular weight excluding hydrogens is 308 g/mol. The van der Waals surface area contributed by atoms with Crippen molar-refractivity contribution >= 4 is 23.1 Å². The maximum Gasteiger partial charge on any atom is 0.265 e. The summed E-state index contributed by atoms with van der Waals surface area (Å²) in [5.41, 5.74) is 8.86. The fourth-order valence-electron chi connectivity index (χ4n) is 2.19. The summed E-state index contributed by atoms with van der Waals surface area (Å²) >= 11 is 1.10. The van der Waals surface area contributed by atoms with Crippen LogP contribution in [0.4, 0.5) is 5.69 Å². The molecule has 116 valence electrons. The Balaban J connectivity index is 1.65. The monoisotopic (exact) mass is 324 g/mol. The van der Waals surface area contributed by atoms with Crippen LogP contribution in [-0.2, 0) is 6.42 Å². The molecule has 0 saturated carbocycles. The van der Waals surface area contributed by atoms with Crippen LogP contribution in [-0.4, -0.2) is 21.8 Å². The molecule has 0 aliphatic rings. The number of pyridine rings is 1. The van der Waals surface area contributed by atoms with Crippen LogP contribution in [0.15, 0.2) is 54.7 Å². The highest BCUT2D eigenvalue weighted by Crippen LogP contribution is 2.29. The van der Waals surface area contributed by atoms with Gasteiger partial charge in [-0.2, -0.15) is 4.37 Å². The number of rotatable bonds is 5. The van der Waals surface area contributed by atoms with Crippen LogP contribution >= 0.6 is 11.5 Å². The molecule has 0 radical (unpaired) electrons. The van der Waals surface area contributed by atoms with E-state index < -0.39 is 0 Å². The van der Waals surface area contributed by atoms with Crippen molar-refractivity contribution in [1.29, 1.82) is 0 Å². The normalized spacial score (nSPS) is 10.4. The van der Waals surface area contributed by atoms with Gasteiger partial charge in [-0.25, -0.2) is 0 Å². The van der Waals surface area contributed by atoms with Crippen LogP contribution in [0, 0.1) is 0 Å². The van der Waals surface area contributed by atoms with E-state index in [-0.39, 0.29) is 5.91 Å². The van der Waals surface area contributed by atoms with E-state index in [9.17, 15) is 4.79 Å². The quantitative estimate of drug-likeness (QED) is 0.756. The first-order chi connectivity index (χ1) is 11.3. The van der Waals surface area contributed by atoms with Gasteiger partial charge in [-0.1, -0.05) is 36.4 Å². The zero-order valence-corrected chi connectivity index (χ0v) is 13.2. The van der Waals surface area contributed by atoms with Gasteiger partial charge in [0.15, 0.2) is 0 Å². The van der Waals surface area contributed by atoms with E-state index in [4.69, 9.17) is 5.73 Å². The van der Waals surface area contributed by atoms with Crippen molar-refractivity contribution in [3.05, 3.63) is 65.2 Å². The standard InChI is InChI=1S/C17H16N4OS/c18-14-15(13-8-4-5-10-19-13)21-23-16(14)17(22)20-11-9-12-6-2-1-3-7-12/h1-8,10H,9,11,18H2,(H,20,22). The van der Waals surface area contributed by atoms with Crippen LogP contribution in [0.1, 0.15) is 15.2 Å². The van der Waals surface area contributed by atoms with Crippen molar-refractivity contribution in [2.45, 2.75) is 6.42 Å². The van der Waals surface area contributed by atoms with Gasteiger partial charge in [0.25, 0.3) is 5.91 Å². The van der Waals surface area contributed by atoms with Gasteiger partial charge in [0.1, 0.15) is 10.6 Å². The van der Waals surface area contributed by atoms with E-state index in [1.165, 1.54) is 5.56 Å². The second-order valence-corrected chi connectivity index (χ2v) is 5.75. The summed E-state index contributed by atoms with van der Waals surface area (Å²) in [5.74, 6) is -0.196. The second kappa shape index (κ2) is 7.02. The predicted octanol–water partition coefficient (Wildman–Crippen LogP) is 2.76. The number of carbonyl (C=O) groups excluding carboxylic acids is 1. The van der Waals surface area contributed by atoms with Gasteiger partial charge in [0.05, 0.1) is 11.4 Å². The SMILES string of the molecule is Nc1c(-c2ccccn2)nsc1C(=O)NCCc1ccccc1. The summed E-state index contributed by atoms with van der Waals surface area (Å²) in [6.45, 7) is 0.555. The zero-order valence-electron chi connectivity index (χ0n) is 12.4. The Morgan fingerprint density at radius 1 is 1.13 bits per heavy atom. The van der Waals surface area contributed by atoms with Crippen molar-refractivity contribution in [3.63, 3.8) is 0 Å². The number of amides is 1. The number of carbonyl (C=O) groups is 1. The van der Waals surface area contributed by atoms with Gasteiger partial charge in [0.2, 0.25) is 0 Å². The van der Waals surface area contributed by atoms with Gasteiger partial charge < -0.3 is 11.1 Å². The fourth-order valence-corrected chi connectivity index (χ4v) is 2.92. The summed E-state index contributed by atoms with van der Waals surface area (Å²) in [4.78, 5) is 16.9. The van der Waals surface area contributed by atoms with Crippen LogP contribution in [0.5, 0.6) is 0 Å². The van der Waals surface area contributed by atoms with Gasteiger partial charge in [-0.05, 0) is 35.6 Å². The van der Waals surface area contributed by atoms with E-state index >= 15 is 0 Å². The molecule has 2 heterocycles. The van der Waals surface area contributed by atoms with Gasteiger partial charge >= 0.3 is 0 Å². The molecule has 23 heavy (non-hydrogen) atoms. The van der Waals surface area contributed by atoms with Crippen LogP contribution in [0.25, 0.3) is 11.4 Å². The Morgan fingerprint density at radius 3 is 2.65 bits per heavy atom. The minimum atomic E-state index is -0.196. The lowest BCUT2D eigenvalue weighted by atomic mass is 10.1. The minimum absolute atomic E-state index is 0.196. The lowest BCUT2D eigenvalue weighted by molar-refractivity contribution is 0.0959. The van der Waals surface area contributed by atoms with E-state index in [1.54, 1.807) is 6.20 Å². The molecule has 1 amide bonds. The minimum Gasteiger partial charge on any atom is -0.396 e. The molecule has 0 saturated heterocycles.